The molecule has 0 spiro atoms. The van der Waals surface area contributed by atoms with Gasteiger partial charge in [0.2, 0.25) is 10.0 Å². The highest BCUT2D eigenvalue weighted by molar-refractivity contribution is 7.89. The molecule has 3 N–H and O–H groups in total. The van der Waals surface area contributed by atoms with Crippen LogP contribution in [0, 0.1) is 0 Å². The van der Waals surface area contributed by atoms with Crippen molar-refractivity contribution in [3.05, 3.63) is 33.9 Å². The summed E-state index contributed by atoms with van der Waals surface area (Å²) in [6, 6.07) is 1.26. The number of hydrogen-bond donors (Lipinski definition) is 2. The molecule has 0 aliphatic heterocycles. The number of halogens is 1. The lowest BCUT2D eigenvalue weighted by Gasteiger charge is -2.06. The van der Waals surface area contributed by atoms with E-state index in [0.717, 1.165) is 6.20 Å². The first-order valence-electron chi connectivity index (χ1n) is 4.77. The monoisotopic (exact) mass is 304 g/mol. The van der Waals surface area contributed by atoms with Gasteiger partial charge in [-0.2, -0.15) is 0 Å². The van der Waals surface area contributed by atoms with Gasteiger partial charge in [-0.05, 0) is 6.07 Å². The second-order valence-electron chi connectivity index (χ2n) is 3.34. The van der Waals surface area contributed by atoms with Crippen molar-refractivity contribution in [2.45, 2.75) is 11.4 Å². The number of hydrogen-bond acceptors (Lipinski definition) is 6. The number of anilines is 1. The second-order valence-corrected chi connectivity index (χ2v) is 6.24. The fourth-order valence-electron chi connectivity index (χ4n) is 1.16. The number of aromatic nitrogens is 2. The van der Waals surface area contributed by atoms with Crippen molar-refractivity contribution in [2.75, 3.05) is 5.73 Å². The van der Waals surface area contributed by atoms with Crippen molar-refractivity contribution in [3.63, 3.8) is 0 Å². The van der Waals surface area contributed by atoms with Gasteiger partial charge < -0.3 is 5.73 Å². The summed E-state index contributed by atoms with van der Waals surface area (Å²) in [5, 5.41) is 1.86. The molecule has 0 unspecified atom stereocenters. The Balaban J connectivity index is 2.17. The summed E-state index contributed by atoms with van der Waals surface area (Å²) < 4.78 is 26.2. The molecule has 0 amide bonds. The molecular weight excluding hydrogens is 296 g/mol. The van der Waals surface area contributed by atoms with Crippen molar-refractivity contribution in [2.24, 2.45) is 0 Å². The molecule has 2 rings (SSSR count). The maximum absolute atomic E-state index is 11.9. The molecule has 2 aromatic heterocycles. The predicted molar refractivity (Wildman–Crippen MR) is 69.8 cm³/mol. The normalized spacial score (nSPS) is 11.6. The molecule has 0 aromatic carbocycles. The van der Waals surface area contributed by atoms with Gasteiger partial charge in [0.05, 0.1) is 22.8 Å². The minimum atomic E-state index is -3.66. The number of sulfonamides is 1. The van der Waals surface area contributed by atoms with E-state index in [4.69, 9.17) is 17.3 Å². The Labute approximate surface area is 113 Å². The van der Waals surface area contributed by atoms with Gasteiger partial charge in [-0.3, -0.25) is 0 Å². The van der Waals surface area contributed by atoms with Gasteiger partial charge in [-0.15, -0.1) is 11.3 Å². The van der Waals surface area contributed by atoms with Gasteiger partial charge in [0.25, 0.3) is 0 Å². The third-order valence-electron chi connectivity index (χ3n) is 2.08. The van der Waals surface area contributed by atoms with E-state index < -0.39 is 10.0 Å². The molecule has 0 radical (unpaired) electrons. The average molecular weight is 305 g/mol. The largest absolute Gasteiger partial charge is 0.382 e. The SMILES string of the molecule is Nc1ncc(S(=O)(=O)NCc2cscn2)cc1Cl. The number of thiazole rings is 1. The van der Waals surface area contributed by atoms with Crippen molar-refractivity contribution in [1.29, 1.82) is 0 Å². The Morgan fingerprint density at radius 3 is 2.83 bits per heavy atom. The second kappa shape index (κ2) is 5.19. The fourth-order valence-corrected chi connectivity index (χ4v) is 2.91. The van der Waals surface area contributed by atoms with Crippen LogP contribution in [0.15, 0.2) is 28.0 Å². The minimum Gasteiger partial charge on any atom is -0.382 e. The Kier molecular flexibility index (Phi) is 3.81. The molecule has 18 heavy (non-hydrogen) atoms. The van der Waals surface area contributed by atoms with Crippen LogP contribution in [0.1, 0.15) is 5.69 Å². The highest BCUT2D eigenvalue weighted by Gasteiger charge is 2.16. The molecule has 9 heteroatoms. The zero-order valence-electron chi connectivity index (χ0n) is 9.00. The summed E-state index contributed by atoms with van der Waals surface area (Å²) in [6.07, 6.45) is 1.16. The van der Waals surface area contributed by atoms with E-state index in [1.165, 1.54) is 17.4 Å². The zero-order chi connectivity index (χ0) is 13.2. The summed E-state index contributed by atoms with van der Waals surface area (Å²) in [4.78, 5) is 7.65. The zero-order valence-corrected chi connectivity index (χ0v) is 11.4. The number of rotatable bonds is 4. The lowest BCUT2D eigenvalue weighted by Crippen LogP contribution is -2.23. The number of nitrogens with two attached hydrogens (primary N) is 1. The number of nitrogens with zero attached hydrogens (tertiary/aromatic N) is 2. The molecule has 2 heterocycles. The average Bonchev–Trinajstić information content (AvgIpc) is 2.83. The third kappa shape index (κ3) is 2.96. The van der Waals surface area contributed by atoms with Crippen molar-refractivity contribution in [1.82, 2.24) is 14.7 Å². The Hall–Kier alpha value is -1.22. The first kappa shape index (κ1) is 13.2. The molecule has 0 saturated carbocycles. The first-order chi connectivity index (χ1) is 8.49. The topological polar surface area (TPSA) is 98.0 Å². The molecular formula is C9H9ClN4O2S2. The van der Waals surface area contributed by atoms with E-state index >= 15 is 0 Å². The molecule has 0 aliphatic rings. The molecule has 96 valence electrons. The van der Waals surface area contributed by atoms with Gasteiger partial charge in [-0.25, -0.2) is 23.1 Å². The van der Waals surface area contributed by atoms with Crippen LogP contribution in [0.3, 0.4) is 0 Å². The summed E-state index contributed by atoms with van der Waals surface area (Å²) in [7, 11) is -3.66. The van der Waals surface area contributed by atoms with Crippen molar-refractivity contribution >= 4 is 38.8 Å². The molecule has 0 bridgehead atoms. The smallest absolute Gasteiger partial charge is 0.242 e. The lowest BCUT2D eigenvalue weighted by molar-refractivity contribution is 0.580. The predicted octanol–water partition coefficient (Wildman–Crippen LogP) is 1.25. The highest BCUT2D eigenvalue weighted by atomic mass is 35.5. The van der Waals surface area contributed by atoms with Gasteiger partial charge in [0, 0.05) is 11.6 Å². The van der Waals surface area contributed by atoms with E-state index in [9.17, 15) is 8.42 Å². The van der Waals surface area contributed by atoms with Crippen molar-refractivity contribution in [3.8, 4) is 0 Å². The van der Waals surface area contributed by atoms with E-state index in [1.807, 2.05) is 0 Å². The van der Waals surface area contributed by atoms with Crippen LogP contribution in [0.2, 0.25) is 5.02 Å². The molecule has 2 aromatic rings. The van der Waals surface area contributed by atoms with Crippen LogP contribution in [-0.4, -0.2) is 18.4 Å². The van der Waals surface area contributed by atoms with Gasteiger partial charge in [0.15, 0.2) is 0 Å². The van der Waals surface area contributed by atoms with E-state index in [2.05, 4.69) is 14.7 Å². The van der Waals surface area contributed by atoms with Crippen LogP contribution in [0.5, 0.6) is 0 Å². The molecule has 0 aliphatic carbocycles. The Morgan fingerprint density at radius 2 is 2.22 bits per heavy atom. The quantitative estimate of drug-likeness (QED) is 0.886. The highest BCUT2D eigenvalue weighted by Crippen LogP contribution is 2.19. The number of nitrogens with one attached hydrogen (secondary N) is 1. The Morgan fingerprint density at radius 1 is 1.44 bits per heavy atom. The van der Waals surface area contributed by atoms with E-state index in [0.29, 0.717) is 5.69 Å². The maximum atomic E-state index is 11.9. The standard InChI is InChI=1S/C9H9ClN4O2S2/c10-8-1-7(3-12-9(8)11)18(15,16)14-2-6-4-17-5-13-6/h1,3-5,14H,2H2,(H2,11,12). The molecule has 0 atom stereocenters. The molecule has 6 nitrogen and oxygen atoms in total. The summed E-state index contributed by atoms with van der Waals surface area (Å²) in [5.74, 6) is 0.0927. The molecule has 0 saturated heterocycles. The Bertz CT molecular complexity index is 643. The van der Waals surface area contributed by atoms with Gasteiger partial charge >= 0.3 is 0 Å². The van der Waals surface area contributed by atoms with Crippen molar-refractivity contribution < 1.29 is 8.42 Å². The van der Waals surface area contributed by atoms with Crippen LogP contribution < -0.4 is 10.5 Å². The van der Waals surface area contributed by atoms with E-state index in [1.54, 1.807) is 10.9 Å². The number of pyridine rings is 1. The summed E-state index contributed by atoms with van der Waals surface area (Å²) >= 11 is 7.12. The van der Waals surface area contributed by atoms with Crippen LogP contribution in [0.4, 0.5) is 5.82 Å². The molecule has 0 fully saturated rings. The maximum Gasteiger partial charge on any atom is 0.242 e. The van der Waals surface area contributed by atoms with Gasteiger partial charge in [-0.1, -0.05) is 11.6 Å². The third-order valence-corrected chi connectivity index (χ3v) is 4.39. The van der Waals surface area contributed by atoms with Crippen LogP contribution >= 0.6 is 22.9 Å². The summed E-state index contributed by atoms with van der Waals surface area (Å²) in [5.41, 5.74) is 7.70. The lowest BCUT2D eigenvalue weighted by atomic mass is 10.5. The van der Waals surface area contributed by atoms with Crippen LogP contribution in [-0.2, 0) is 16.6 Å². The number of nitrogen functional groups attached to an aromatic ring is 1. The first-order valence-corrected chi connectivity index (χ1v) is 7.57. The fraction of sp³-hybridized carbons (Fsp3) is 0.111. The summed E-state index contributed by atoms with van der Waals surface area (Å²) in [6.45, 7) is 0.119. The van der Waals surface area contributed by atoms with E-state index in [-0.39, 0.29) is 22.3 Å². The van der Waals surface area contributed by atoms with Crippen LogP contribution in [0.25, 0.3) is 0 Å². The van der Waals surface area contributed by atoms with Gasteiger partial charge in [0.1, 0.15) is 10.7 Å². The minimum absolute atomic E-state index is 0.0306.